The molecule has 0 bridgehead atoms. The summed E-state index contributed by atoms with van der Waals surface area (Å²) in [4.78, 5) is 12.3. The molecule has 3 nitrogen and oxygen atoms in total. The summed E-state index contributed by atoms with van der Waals surface area (Å²) in [5, 5.41) is 2.47. The maximum Gasteiger partial charge on any atom is 0.289 e. The molecule has 1 saturated heterocycles. The Morgan fingerprint density at radius 2 is 2.43 bits per heavy atom. The Balaban J connectivity index is 2.27. The van der Waals surface area contributed by atoms with Gasteiger partial charge in [-0.3, -0.25) is 4.79 Å². The van der Waals surface area contributed by atoms with E-state index < -0.39 is 0 Å². The van der Waals surface area contributed by atoms with Gasteiger partial charge in [0.2, 0.25) is 0 Å². The van der Waals surface area contributed by atoms with Crippen LogP contribution in [-0.4, -0.2) is 14.8 Å². The highest BCUT2D eigenvalue weighted by molar-refractivity contribution is 8.19. The average Bonchev–Trinajstić information content (AvgIpc) is 2.61. The summed E-state index contributed by atoms with van der Waals surface area (Å²) in [5.41, 5.74) is 1.05. The summed E-state index contributed by atoms with van der Waals surface area (Å²) >= 11 is 6.13. The SMILES string of the molecule is Cn1ccc(/C=C2\SC(=O)NC2=S)c1. The molecule has 0 radical (unpaired) electrons. The van der Waals surface area contributed by atoms with E-state index in [-0.39, 0.29) is 5.24 Å². The third-order valence-electron chi connectivity index (χ3n) is 1.79. The van der Waals surface area contributed by atoms with Gasteiger partial charge in [0.25, 0.3) is 5.24 Å². The van der Waals surface area contributed by atoms with E-state index in [2.05, 4.69) is 5.32 Å². The zero-order valence-electron chi connectivity index (χ0n) is 7.48. The van der Waals surface area contributed by atoms with Crippen molar-refractivity contribution in [1.82, 2.24) is 9.88 Å². The van der Waals surface area contributed by atoms with E-state index in [1.807, 2.05) is 36.2 Å². The first kappa shape index (κ1) is 9.48. The molecule has 2 rings (SSSR count). The Kier molecular flexibility index (Phi) is 2.43. The highest BCUT2D eigenvalue weighted by atomic mass is 32.2. The van der Waals surface area contributed by atoms with Crippen molar-refractivity contribution in [3.8, 4) is 0 Å². The van der Waals surface area contributed by atoms with E-state index in [1.165, 1.54) is 0 Å². The number of hydrogen-bond donors (Lipinski definition) is 1. The molecule has 1 aromatic rings. The summed E-state index contributed by atoms with van der Waals surface area (Å²) < 4.78 is 1.95. The fraction of sp³-hybridized carbons (Fsp3) is 0.111. The maximum atomic E-state index is 11.0. The van der Waals surface area contributed by atoms with Crippen molar-refractivity contribution in [2.24, 2.45) is 7.05 Å². The molecule has 0 saturated carbocycles. The van der Waals surface area contributed by atoms with Crippen LogP contribution >= 0.6 is 24.0 Å². The van der Waals surface area contributed by atoms with Crippen LogP contribution in [0, 0.1) is 0 Å². The molecule has 72 valence electrons. The van der Waals surface area contributed by atoms with E-state index in [0.717, 1.165) is 22.2 Å². The lowest BCUT2D eigenvalue weighted by Crippen LogP contribution is -2.15. The fourth-order valence-corrected chi connectivity index (χ4v) is 2.22. The van der Waals surface area contributed by atoms with Crippen LogP contribution in [0.15, 0.2) is 23.4 Å². The first-order valence-electron chi connectivity index (χ1n) is 4.02. The lowest BCUT2D eigenvalue weighted by Gasteiger charge is -1.91. The maximum absolute atomic E-state index is 11.0. The molecule has 1 aliphatic heterocycles. The van der Waals surface area contributed by atoms with E-state index >= 15 is 0 Å². The number of thiocarbonyl (C=S) groups is 1. The Labute approximate surface area is 91.2 Å². The van der Waals surface area contributed by atoms with Crippen molar-refractivity contribution >= 4 is 40.3 Å². The first-order chi connectivity index (χ1) is 6.65. The smallest absolute Gasteiger partial charge is 0.289 e. The van der Waals surface area contributed by atoms with Gasteiger partial charge in [-0.15, -0.1) is 0 Å². The highest BCUT2D eigenvalue weighted by Gasteiger charge is 2.21. The molecular formula is C9H8N2OS2. The Hall–Kier alpha value is -1.07. The number of nitrogens with zero attached hydrogens (tertiary/aromatic N) is 1. The van der Waals surface area contributed by atoms with Crippen molar-refractivity contribution < 1.29 is 4.79 Å². The molecule has 1 amide bonds. The number of carbonyl (C=O) groups excluding carboxylic acids is 1. The van der Waals surface area contributed by atoms with Crippen molar-refractivity contribution in [3.63, 3.8) is 0 Å². The van der Waals surface area contributed by atoms with Gasteiger partial charge in [0.1, 0.15) is 4.99 Å². The van der Waals surface area contributed by atoms with Crippen molar-refractivity contribution in [1.29, 1.82) is 0 Å². The lowest BCUT2D eigenvalue weighted by molar-refractivity contribution is 0.265. The fourth-order valence-electron chi connectivity index (χ4n) is 1.18. The minimum atomic E-state index is -0.0998. The predicted octanol–water partition coefficient (Wildman–Crippen LogP) is 2.15. The van der Waals surface area contributed by atoms with E-state index in [4.69, 9.17) is 12.2 Å². The predicted molar refractivity (Wildman–Crippen MR) is 62.1 cm³/mol. The van der Waals surface area contributed by atoms with Crippen molar-refractivity contribution in [2.75, 3.05) is 0 Å². The summed E-state index contributed by atoms with van der Waals surface area (Å²) in [5.74, 6) is 0. The molecule has 0 aliphatic carbocycles. The Morgan fingerprint density at radius 1 is 1.64 bits per heavy atom. The van der Waals surface area contributed by atoms with Crippen molar-refractivity contribution in [3.05, 3.63) is 28.9 Å². The molecule has 5 heteroatoms. The van der Waals surface area contributed by atoms with Crippen LogP contribution in [0.1, 0.15) is 5.56 Å². The zero-order valence-corrected chi connectivity index (χ0v) is 9.11. The molecule has 0 spiro atoms. The van der Waals surface area contributed by atoms with Crippen LogP contribution in [0.3, 0.4) is 0 Å². The number of aromatic nitrogens is 1. The summed E-state index contributed by atoms with van der Waals surface area (Å²) in [6.07, 6.45) is 5.83. The topological polar surface area (TPSA) is 34.0 Å². The van der Waals surface area contributed by atoms with Gasteiger partial charge in [-0.1, -0.05) is 12.2 Å². The van der Waals surface area contributed by atoms with Crippen LogP contribution in [0.4, 0.5) is 4.79 Å². The Bertz CT molecular complexity index is 434. The molecule has 0 aromatic carbocycles. The largest absolute Gasteiger partial charge is 0.357 e. The van der Waals surface area contributed by atoms with E-state index in [9.17, 15) is 4.79 Å². The third kappa shape index (κ3) is 1.88. The number of carbonyl (C=O) groups is 1. The minimum absolute atomic E-state index is 0.0998. The van der Waals surface area contributed by atoms with Gasteiger partial charge >= 0.3 is 0 Å². The first-order valence-corrected chi connectivity index (χ1v) is 5.24. The summed E-state index contributed by atoms with van der Waals surface area (Å²) in [6, 6.07) is 1.97. The van der Waals surface area contributed by atoms with Gasteiger partial charge in [-0.25, -0.2) is 0 Å². The van der Waals surface area contributed by atoms with Crippen LogP contribution in [-0.2, 0) is 7.05 Å². The zero-order chi connectivity index (χ0) is 10.1. The van der Waals surface area contributed by atoms with Crippen LogP contribution in [0.5, 0.6) is 0 Å². The van der Waals surface area contributed by atoms with Crippen molar-refractivity contribution in [2.45, 2.75) is 0 Å². The number of hydrogen-bond acceptors (Lipinski definition) is 3. The molecular weight excluding hydrogens is 216 g/mol. The molecule has 1 N–H and O–H groups in total. The van der Waals surface area contributed by atoms with Crippen LogP contribution in [0.25, 0.3) is 6.08 Å². The monoisotopic (exact) mass is 224 g/mol. The summed E-state index contributed by atoms with van der Waals surface area (Å²) in [6.45, 7) is 0. The molecule has 2 heterocycles. The molecule has 14 heavy (non-hydrogen) atoms. The second-order valence-electron chi connectivity index (χ2n) is 2.96. The number of aryl methyl sites for hydroxylation is 1. The number of rotatable bonds is 1. The van der Waals surface area contributed by atoms with Gasteiger partial charge in [0, 0.05) is 19.4 Å². The molecule has 0 unspecified atom stereocenters. The van der Waals surface area contributed by atoms with E-state index in [1.54, 1.807) is 0 Å². The van der Waals surface area contributed by atoms with Gasteiger partial charge in [-0.05, 0) is 29.5 Å². The number of thioether (sulfide) groups is 1. The van der Waals surface area contributed by atoms with Gasteiger partial charge in [-0.2, -0.15) is 0 Å². The van der Waals surface area contributed by atoms with Crippen LogP contribution < -0.4 is 5.32 Å². The second-order valence-corrected chi connectivity index (χ2v) is 4.39. The standard InChI is InChI=1S/C9H8N2OS2/c1-11-3-2-6(5-11)4-7-8(13)10-9(12)14-7/h2-5H,1H3,(H,10,12,13)/b7-4-. The normalized spacial score (nSPS) is 19.1. The van der Waals surface area contributed by atoms with Gasteiger partial charge in [0.15, 0.2) is 0 Å². The quantitative estimate of drug-likeness (QED) is 0.586. The number of amides is 1. The second kappa shape index (κ2) is 3.59. The summed E-state index contributed by atoms with van der Waals surface area (Å²) in [7, 11) is 1.95. The molecule has 0 atom stereocenters. The highest BCUT2D eigenvalue weighted by Crippen LogP contribution is 2.26. The number of nitrogens with one attached hydrogen (secondary N) is 1. The molecule has 1 fully saturated rings. The minimum Gasteiger partial charge on any atom is -0.357 e. The van der Waals surface area contributed by atoms with Gasteiger partial charge < -0.3 is 9.88 Å². The molecule has 1 aromatic heterocycles. The Morgan fingerprint density at radius 3 is 2.93 bits per heavy atom. The molecule has 1 aliphatic rings. The lowest BCUT2D eigenvalue weighted by atomic mass is 10.3. The van der Waals surface area contributed by atoms with Gasteiger partial charge in [0.05, 0.1) is 4.91 Å². The van der Waals surface area contributed by atoms with E-state index in [0.29, 0.717) is 4.99 Å². The average molecular weight is 224 g/mol. The van der Waals surface area contributed by atoms with Crippen LogP contribution in [0.2, 0.25) is 0 Å². The third-order valence-corrected chi connectivity index (χ3v) is 3.08.